The topological polar surface area (TPSA) is 133 Å². The number of ether oxygens (including phenoxy) is 3. The van der Waals surface area contributed by atoms with Crippen LogP contribution in [0.15, 0.2) is 101 Å². The molecule has 2 heterocycles. The van der Waals surface area contributed by atoms with Crippen molar-refractivity contribution in [3.8, 4) is 0 Å². The molecule has 1 aromatic heterocycles. The highest BCUT2D eigenvalue weighted by Crippen LogP contribution is 2.40. The predicted molar refractivity (Wildman–Crippen MR) is 183 cm³/mol. The molecule has 0 radical (unpaired) electrons. The summed E-state index contributed by atoms with van der Waals surface area (Å²) in [5.41, 5.74) is 6.18. The Bertz CT molecular complexity index is 1700. The van der Waals surface area contributed by atoms with Gasteiger partial charge >= 0.3 is 11.9 Å². The predicted octanol–water partition coefficient (Wildman–Crippen LogP) is 5.58. The number of rotatable bonds is 15. The maximum absolute atomic E-state index is 13.7. The van der Waals surface area contributed by atoms with Crippen LogP contribution in [0.1, 0.15) is 48.9 Å². The summed E-state index contributed by atoms with van der Waals surface area (Å²) in [5.74, 6) is -2.22. The molecule has 3 aromatic rings. The van der Waals surface area contributed by atoms with E-state index in [0.29, 0.717) is 30.0 Å². The lowest BCUT2D eigenvalue weighted by Gasteiger charge is -2.30. The molecule has 1 unspecified atom stereocenters. The lowest BCUT2D eigenvalue weighted by atomic mass is 9.80. The van der Waals surface area contributed by atoms with Gasteiger partial charge in [0.1, 0.15) is 13.2 Å². The lowest BCUT2D eigenvalue weighted by Crippen LogP contribution is -2.33. The lowest BCUT2D eigenvalue weighted by molar-refractivity contribution is -0.384. The van der Waals surface area contributed by atoms with E-state index in [1.54, 1.807) is 26.1 Å². The van der Waals surface area contributed by atoms with Gasteiger partial charge in [-0.3, -0.25) is 20.0 Å². The molecule has 1 atom stereocenters. The minimum Gasteiger partial charge on any atom is -0.461 e. The number of benzene rings is 2. The Morgan fingerprint density at radius 2 is 1.65 bits per heavy atom. The molecule has 1 aliphatic heterocycles. The molecule has 11 nitrogen and oxygen atoms in total. The Kier molecular flexibility index (Phi) is 12.8. The highest BCUT2D eigenvalue weighted by Gasteiger charge is 2.38. The van der Waals surface area contributed by atoms with Gasteiger partial charge in [-0.15, -0.1) is 0 Å². The van der Waals surface area contributed by atoms with Crippen molar-refractivity contribution in [1.82, 2.24) is 15.2 Å². The number of methoxy groups -OCH3 is 1. The molecule has 0 spiro atoms. The first-order valence-corrected chi connectivity index (χ1v) is 15.7. The Morgan fingerprint density at radius 1 is 0.958 bits per heavy atom. The number of hydrogen-bond donors (Lipinski definition) is 1. The van der Waals surface area contributed by atoms with Crippen molar-refractivity contribution in [1.29, 1.82) is 0 Å². The average molecular weight is 655 g/mol. The molecule has 4 rings (SSSR count). The molecule has 1 aliphatic rings. The Balaban J connectivity index is 1.41. The molecular weight excluding hydrogens is 612 g/mol. The van der Waals surface area contributed by atoms with E-state index in [9.17, 15) is 19.7 Å². The summed E-state index contributed by atoms with van der Waals surface area (Å²) in [6.07, 6.45) is 6.60. The van der Waals surface area contributed by atoms with E-state index in [0.717, 1.165) is 23.1 Å². The van der Waals surface area contributed by atoms with Crippen LogP contribution < -0.4 is 5.32 Å². The van der Waals surface area contributed by atoms with Crippen molar-refractivity contribution >= 4 is 23.7 Å². The molecule has 0 aliphatic carbocycles. The van der Waals surface area contributed by atoms with Crippen LogP contribution in [-0.4, -0.2) is 73.8 Å². The second kappa shape index (κ2) is 17.1. The number of pyridine rings is 1. The number of nitro benzene ring substituents is 1. The van der Waals surface area contributed by atoms with Gasteiger partial charge in [-0.05, 0) is 62.6 Å². The number of nitrogens with zero attached hydrogens (tertiary/aromatic N) is 3. The number of likely N-dealkylation sites (N-methyl/N-ethyl adjacent to an activating group) is 1. The maximum atomic E-state index is 13.7. The first kappa shape index (κ1) is 35.7. The molecule has 0 amide bonds. The summed E-state index contributed by atoms with van der Waals surface area (Å²) >= 11 is 0. The van der Waals surface area contributed by atoms with Crippen molar-refractivity contribution in [2.45, 2.75) is 33.1 Å². The van der Waals surface area contributed by atoms with Gasteiger partial charge in [-0.25, -0.2) is 9.59 Å². The first-order chi connectivity index (χ1) is 23.1. The summed E-state index contributed by atoms with van der Waals surface area (Å²) in [5, 5.41) is 14.7. The number of esters is 2. The number of nitrogens with one attached hydrogen (secondary N) is 1. The fourth-order valence-corrected chi connectivity index (χ4v) is 5.66. The van der Waals surface area contributed by atoms with Crippen molar-refractivity contribution in [3.63, 3.8) is 0 Å². The van der Waals surface area contributed by atoms with Crippen molar-refractivity contribution in [2.24, 2.45) is 0 Å². The standard InChI is InChI=1S/C37H42N4O7/c1-25(20-28-11-13-29(14-12-28)21-30-8-7-15-38-23-30)24-40(4)16-17-47-36(42)33-26(2)39-27(3)34(37(43)48-19-18-46-5)35(33)31-9-6-10-32(22-31)41(44)45/h6-15,20,22-23,35,39H,16-19,21,24H2,1-5H3. The average Bonchev–Trinajstić information content (AvgIpc) is 3.05. The van der Waals surface area contributed by atoms with Gasteiger partial charge < -0.3 is 19.5 Å². The number of carbonyl (C=O) groups excluding carboxylic acids is 2. The van der Waals surface area contributed by atoms with E-state index < -0.39 is 22.8 Å². The minimum absolute atomic E-state index is 0.00787. The van der Waals surface area contributed by atoms with Crippen LogP contribution in [0, 0.1) is 10.1 Å². The largest absolute Gasteiger partial charge is 0.461 e. The van der Waals surface area contributed by atoms with Gasteiger partial charge in [0.15, 0.2) is 0 Å². The Morgan fingerprint density at radius 3 is 2.27 bits per heavy atom. The smallest absolute Gasteiger partial charge is 0.336 e. The zero-order chi connectivity index (χ0) is 34.6. The summed E-state index contributed by atoms with van der Waals surface area (Å²) in [4.78, 5) is 44.2. The normalized spacial score (nSPS) is 15.0. The molecule has 0 bridgehead atoms. The maximum Gasteiger partial charge on any atom is 0.336 e. The van der Waals surface area contributed by atoms with Crippen LogP contribution >= 0.6 is 0 Å². The third-order valence-electron chi connectivity index (χ3n) is 7.88. The summed E-state index contributed by atoms with van der Waals surface area (Å²) in [6.45, 7) is 6.89. The van der Waals surface area contributed by atoms with Crippen LogP contribution in [0.2, 0.25) is 0 Å². The second-order valence-electron chi connectivity index (χ2n) is 11.8. The monoisotopic (exact) mass is 654 g/mol. The van der Waals surface area contributed by atoms with Crippen LogP contribution in [0.25, 0.3) is 6.08 Å². The number of carbonyl (C=O) groups is 2. The molecule has 2 aromatic carbocycles. The van der Waals surface area contributed by atoms with E-state index in [4.69, 9.17) is 14.2 Å². The molecule has 1 N–H and O–H groups in total. The molecule has 0 saturated heterocycles. The molecule has 0 fully saturated rings. The Hall–Kier alpha value is -5.13. The van der Waals surface area contributed by atoms with Gasteiger partial charge in [0.05, 0.1) is 28.6 Å². The summed E-state index contributed by atoms with van der Waals surface area (Å²) in [7, 11) is 3.44. The number of nitro groups is 1. The molecule has 0 saturated carbocycles. The van der Waals surface area contributed by atoms with E-state index in [-0.39, 0.29) is 36.7 Å². The number of non-ortho nitro benzene ring substituents is 1. The van der Waals surface area contributed by atoms with Crippen LogP contribution in [0.4, 0.5) is 5.69 Å². The van der Waals surface area contributed by atoms with Gasteiger partial charge in [0.2, 0.25) is 0 Å². The van der Waals surface area contributed by atoms with Gasteiger partial charge in [-0.2, -0.15) is 0 Å². The minimum atomic E-state index is -0.938. The van der Waals surface area contributed by atoms with Crippen molar-refractivity contribution in [3.05, 3.63) is 134 Å². The third-order valence-corrected chi connectivity index (χ3v) is 7.88. The molecular formula is C37H42N4O7. The van der Waals surface area contributed by atoms with Crippen molar-refractivity contribution < 1.29 is 28.7 Å². The fraction of sp³-hybridized carbons (Fsp3) is 0.324. The third kappa shape index (κ3) is 9.69. The Labute approximate surface area is 281 Å². The summed E-state index contributed by atoms with van der Waals surface area (Å²) in [6, 6.07) is 18.3. The summed E-state index contributed by atoms with van der Waals surface area (Å²) < 4.78 is 16.2. The van der Waals surface area contributed by atoms with Crippen LogP contribution in [0.5, 0.6) is 0 Å². The van der Waals surface area contributed by atoms with Crippen molar-refractivity contribution in [2.75, 3.05) is 47.1 Å². The zero-order valence-corrected chi connectivity index (χ0v) is 28.0. The highest BCUT2D eigenvalue weighted by atomic mass is 16.6. The van der Waals surface area contributed by atoms with E-state index >= 15 is 0 Å². The van der Waals surface area contributed by atoms with Gasteiger partial charge in [-0.1, -0.05) is 54.1 Å². The van der Waals surface area contributed by atoms with E-state index in [1.807, 2.05) is 19.3 Å². The quantitative estimate of drug-likeness (QED) is 0.0958. The van der Waals surface area contributed by atoms with Gasteiger partial charge in [0.25, 0.3) is 5.69 Å². The van der Waals surface area contributed by atoms with Crippen LogP contribution in [-0.2, 0) is 30.2 Å². The number of hydrogen-bond acceptors (Lipinski definition) is 10. The van der Waals surface area contributed by atoms with E-state index in [2.05, 4.69) is 58.5 Å². The number of aromatic nitrogens is 1. The highest BCUT2D eigenvalue weighted by molar-refractivity contribution is 6.00. The van der Waals surface area contributed by atoms with Crippen LogP contribution in [0.3, 0.4) is 0 Å². The zero-order valence-electron chi connectivity index (χ0n) is 28.0. The van der Waals surface area contributed by atoms with Gasteiger partial charge in [0, 0.05) is 56.1 Å². The molecule has 252 valence electrons. The number of dihydropyridines is 1. The van der Waals surface area contributed by atoms with E-state index in [1.165, 1.54) is 30.9 Å². The molecule has 11 heteroatoms. The molecule has 48 heavy (non-hydrogen) atoms. The second-order valence-corrected chi connectivity index (χ2v) is 11.8. The fourth-order valence-electron chi connectivity index (χ4n) is 5.66. The number of allylic oxidation sites excluding steroid dienone is 2. The SMILES string of the molecule is COCCOC(=O)C1=C(C)NC(C)=C(C(=O)OCCN(C)CC(C)=Cc2ccc(Cc3cccnc3)cc2)C1c1cccc([N+](=O)[O-])c1. The first-order valence-electron chi connectivity index (χ1n) is 15.7.